The van der Waals surface area contributed by atoms with Gasteiger partial charge in [-0.25, -0.2) is 0 Å². The minimum atomic E-state index is -0.236. The Balaban J connectivity index is 1.44. The van der Waals surface area contributed by atoms with Crippen molar-refractivity contribution in [2.75, 3.05) is 25.4 Å². The normalized spacial score (nSPS) is 15.6. The first-order chi connectivity index (χ1) is 17.9. The molecular formula is C26H27Cl3N4O3S. The van der Waals surface area contributed by atoms with Crippen LogP contribution in [-0.2, 0) is 14.3 Å². The van der Waals surface area contributed by atoms with Crippen LogP contribution in [0.15, 0.2) is 47.6 Å². The van der Waals surface area contributed by atoms with Crippen LogP contribution in [-0.4, -0.2) is 57.0 Å². The molecule has 0 spiro atoms. The summed E-state index contributed by atoms with van der Waals surface area (Å²) >= 11 is 20.4. The molecule has 0 N–H and O–H groups in total. The van der Waals surface area contributed by atoms with Crippen molar-refractivity contribution in [1.82, 2.24) is 19.7 Å². The van der Waals surface area contributed by atoms with E-state index in [1.165, 1.54) is 11.8 Å². The molecule has 1 atom stereocenters. The summed E-state index contributed by atoms with van der Waals surface area (Å²) in [5, 5.41) is 10.9. The van der Waals surface area contributed by atoms with E-state index in [2.05, 4.69) is 10.2 Å². The highest BCUT2D eigenvalue weighted by molar-refractivity contribution is 7.99. The Morgan fingerprint density at radius 3 is 2.65 bits per heavy atom. The number of aromatic nitrogens is 3. The fourth-order valence-corrected chi connectivity index (χ4v) is 5.64. The van der Waals surface area contributed by atoms with E-state index in [9.17, 15) is 9.59 Å². The first-order valence-electron chi connectivity index (χ1n) is 12.1. The molecule has 7 nitrogen and oxygen atoms in total. The summed E-state index contributed by atoms with van der Waals surface area (Å²) in [4.78, 5) is 26.7. The number of likely N-dealkylation sites (tertiary alicyclic amines) is 1. The Morgan fingerprint density at radius 2 is 1.89 bits per heavy atom. The molecule has 1 fully saturated rings. The fourth-order valence-electron chi connectivity index (χ4n) is 4.24. The summed E-state index contributed by atoms with van der Waals surface area (Å²) in [5.41, 5.74) is 1.50. The van der Waals surface area contributed by atoms with Gasteiger partial charge in [0.25, 0.3) is 0 Å². The van der Waals surface area contributed by atoms with Gasteiger partial charge >= 0.3 is 5.97 Å². The molecule has 2 heterocycles. The summed E-state index contributed by atoms with van der Waals surface area (Å²) in [7, 11) is 0. The highest BCUT2D eigenvalue weighted by Gasteiger charge is 2.29. The van der Waals surface area contributed by atoms with Gasteiger partial charge in [-0.15, -0.1) is 10.2 Å². The zero-order valence-electron chi connectivity index (χ0n) is 20.3. The largest absolute Gasteiger partial charge is 0.466 e. The number of halogens is 3. The SMILES string of the molecule is CCOC(=O)C1CCCN(C(=O)CCCSc2nnc(-c3ccccc3Cl)n2-c2ccc(Cl)c(Cl)c2)C1. The Kier molecular flexibility index (Phi) is 9.76. The van der Waals surface area contributed by atoms with Crippen LogP contribution in [0.2, 0.25) is 15.1 Å². The highest BCUT2D eigenvalue weighted by Crippen LogP contribution is 2.34. The molecule has 1 saturated heterocycles. The van der Waals surface area contributed by atoms with E-state index in [4.69, 9.17) is 39.5 Å². The van der Waals surface area contributed by atoms with Gasteiger partial charge in [0.15, 0.2) is 11.0 Å². The van der Waals surface area contributed by atoms with Crippen LogP contribution in [0.4, 0.5) is 0 Å². The number of nitrogens with zero attached hydrogens (tertiary/aromatic N) is 4. The first kappa shape index (κ1) is 27.8. The zero-order valence-corrected chi connectivity index (χ0v) is 23.4. The molecule has 37 heavy (non-hydrogen) atoms. The van der Waals surface area contributed by atoms with Gasteiger partial charge in [0, 0.05) is 30.8 Å². The van der Waals surface area contributed by atoms with Crippen LogP contribution in [0.3, 0.4) is 0 Å². The van der Waals surface area contributed by atoms with Gasteiger partial charge in [-0.1, -0.05) is 58.7 Å². The predicted octanol–water partition coefficient (Wildman–Crippen LogP) is 6.57. The topological polar surface area (TPSA) is 77.3 Å². The van der Waals surface area contributed by atoms with Crippen molar-refractivity contribution < 1.29 is 14.3 Å². The minimum absolute atomic E-state index is 0.0531. The van der Waals surface area contributed by atoms with Crippen molar-refractivity contribution in [3.05, 3.63) is 57.5 Å². The zero-order chi connectivity index (χ0) is 26.4. The van der Waals surface area contributed by atoms with E-state index in [0.29, 0.717) is 64.3 Å². The molecule has 1 aromatic heterocycles. The first-order valence-corrected chi connectivity index (χ1v) is 14.2. The lowest BCUT2D eigenvalue weighted by Gasteiger charge is -2.31. The third kappa shape index (κ3) is 6.79. The number of ether oxygens (including phenoxy) is 1. The second kappa shape index (κ2) is 13.0. The number of esters is 1. The minimum Gasteiger partial charge on any atom is -0.466 e. The third-order valence-corrected chi connectivity index (χ3v) is 8.15. The molecule has 3 aromatic rings. The van der Waals surface area contributed by atoms with Crippen molar-refractivity contribution in [2.24, 2.45) is 5.92 Å². The summed E-state index contributed by atoms with van der Waals surface area (Å²) in [6, 6.07) is 12.8. The molecule has 0 bridgehead atoms. The van der Waals surface area contributed by atoms with Crippen LogP contribution in [0.1, 0.15) is 32.6 Å². The monoisotopic (exact) mass is 580 g/mol. The number of thioether (sulfide) groups is 1. The molecule has 0 saturated carbocycles. The van der Waals surface area contributed by atoms with Gasteiger partial charge in [-0.2, -0.15) is 0 Å². The van der Waals surface area contributed by atoms with Crippen LogP contribution < -0.4 is 0 Å². The predicted molar refractivity (Wildman–Crippen MR) is 148 cm³/mol. The van der Waals surface area contributed by atoms with E-state index in [1.807, 2.05) is 28.8 Å². The second-order valence-corrected chi connectivity index (χ2v) is 10.9. The number of amides is 1. The van der Waals surface area contributed by atoms with Gasteiger partial charge in [-0.3, -0.25) is 14.2 Å². The number of carbonyl (C=O) groups excluding carboxylic acids is 2. The Bertz CT molecular complexity index is 1270. The molecule has 11 heteroatoms. The maximum Gasteiger partial charge on any atom is 0.310 e. The quantitative estimate of drug-likeness (QED) is 0.162. The van der Waals surface area contributed by atoms with E-state index in [1.54, 1.807) is 30.0 Å². The van der Waals surface area contributed by atoms with Gasteiger partial charge in [0.05, 0.1) is 33.3 Å². The second-order valence-electron chi connectivity index (χ2n) is 8.60. The molecule has 0 aliphatic carbocycles. The van der Waals surface area contributed by atoms with Crippen molar-refractivity contribution in [3.63, 3.8) is 0 Å². The number of hydrogen-bond acceptors (Lipinski definition) is 6. The molecule has 2 aromatic carbocycles. The summed E-state index contributed by atoms with van der Waals surface area (Å²) in [6.45, 7) is 3.25. The lowest BCUT2D eigenvalue weighted by Crippen LogP contribution is -2.42. The van der Waals surface area contributed by atoms with E-state index < -0.39 is 0 Å². The van der Waals surface area contributed by atoms with Crippen LogP contribution in [0.25, 0.3) is 17.1 Å². The Labute approximate surface area is 235 Å². The van der Waals surface area contributed by atoms with Crippen molar-refractivity contribution >= 4 is 58.4 Å². The van der Waals surface area contributed by atoms with Gasteiger partial charge in [0.2, 0.25) is 5.91 Å². The number of benzene rings is 2. The van der Waals surface area contributed by atoms with E-state index in [0.717, 1.165) is 24.1 Å². The summed E-state index contributed by atoms with van der Waals surface area (Å²) < 4.78 is 7.03. The van der Waals surface area contributed by atoms with Crippen LogP contribution in [0, 0.1) is 5.92 Å². The van der Waals surface area contributed by atoms with E-state index in [-0.39, 0.29) is 17.8 Å². The molecular weight excluding hydrogens is 555 g/mol. The summed E-state index contributed by atoms with van der Waals surface area (Å²) in [5.74, 6) is 0.841. The molecule has 4 rings (SSSR count). The van der Waals surface area contributed by atoms with Gasteiger partial charge < -0.3 is 9.64 Å². The molecule has 0 radical (unpaired) electrons. The lowest BCUT2D eigenvalue weighted by atomic mass is 9.98. The number of hydrogen-bond donors (Lipinski definition) is 0. The smallest absolute Gasteiger partial charge is 0.310 e. The average Bonchev–Trinajstić information content (AvgIpc) is 3.32. The highest BCUT2D eigenvalue weighted by atomic mass is 35.5. The van der Waals surface area contributed by atoms with Crippen molar-refractivity contribution in [3.8, 4) is 17.1 Å². The standard InChI is InChI=1S/C26H27Cl3N4O3S/c1-2-36-25(35)17-7-5-13-32(16-17)23(34)10-6-14-37-26-31-30-24(19-8-3-4-9-20(19)27)33(26)18-11-12-21(28)22(29)15-18/h3-4,8-9,11-12,15,17H,2,5-7,10,13-14,16H2,1H3. The Morgan fingerprint density at radius 1 is 1.08 bits per heavy atom. The van der Waals surface area contributed by atoms with Crippen LogP contribution >= 0.6 is 46.6 Å². The molecule has 1 amide bonds. The van der Waals surface area contributed by atoms with Crippen molar-refractivity contribution in [2.45, 2.75) is 37.8 Å². The number of rotatable bonds is 9. The van der Waals surface area contributed by atoms with Gasteiger partial charge in [-0.05, 0) is 56.5 Å². The number of carbonyl (C=O) groups is 2. The molecule has 1 unspecified atom stereocenters. The average molecular weight is 582 g/mol. The molecule has 1 aliphatic heterocycles. The maximum atomic E-state index is 12.8. The van der Waals surface area contributed by atoms with Gasteiger partial charge in [0.1, 0.15) is 0 Å². The molecule has 1 aliphatic rings. The number of piperidine rings is 1. The Hall–Kier alpha value is -2.26. The lowest BCUT2D eigenvalue weighted by molar-refractivity contribution is -0.151. The summed E-state index contributed by atoms with van der Waals surface area (Å²) in [6.07, 6.45) is 2.61. The van der Waals surface area contributed by atoms with Crippen LogP contribution in [0.5, 0.6) is 0 Å². The fraction of sp³-hybridized carbons (Fsp3) is 0.385. The maximum absolute atomic E-state index is 12.8. The third-order valence-electron chi connectivity index (χ3n) is 6.07. The van der Waals surface area contributed by atoms with Crippen molar-refractivity contribution in [1.29, 1.82) is 0 Å². The molecule has 196 valence electrons. The van der Waals surface area contributed by atoms with E-state index >= 15 is 0 Å².